The van der Waals surface area contributed by atoms with Crippen LogP contribution in [0.15, 0.2) is 18.2 Å². The van der Waals surface area contributed by atoms with Crippen LogP contribution in [0.25, 0.3) is 0 Å². The molecule has 21 heavy (non-hydrogen) atoms. The normalized spacial score (nSPS) is 17.2. The van der Waals surface area contributed by atoms with Crippen LogP contribution in [-0.2, 0) is 9.53 Å². The highest BCUT2D eigenvalue weighted by atomic mass is 19.1. The maximum absolute atomic E-state index is 13.2. The molecular formula is C15H18FNO4. The van der Waals surface area contributed by atoms with E-state index >= 15 is 0 Å². The van der Waals surface area contributed by atoms with Gasteiger partial charge in [0.25, 0.3) is 5.91 Å². The minimum absolute atomic E-state index is 0.0426. The summed E-state index contributed by atoms with van der Waals surface area (Å²) >= 11 is 0. The van der Waals surface area contributed by atoms with E-state index in [9.17, 15) is 19.1 Å². The number of carbonyl (C=O) groups excluding carboxylic acids is 1. The summed E-state index contributed by atoms with van der Waals surface area (Å²) in [4.78, 5) is 23.5. The van der Waals surface area contributed by atoms with Crippen molar-refractivity contribution in [3.63, 3.8) is 0 Å². The topological polar surface area (TPSA) is 75.6 Å². The summed E-state index contributed by atoms with van der Waals surface area (Å²) in [6.45, 7) is 2.36. The van der Waals surface area contributed by atoms with Gasteiger partial charge in [-0.3, -0.25) is 9.59 Å². The molecule has 1 saturated heterocycles. The van der Waals surface area contributed by atoms with E-state index in [4.69, 9.17) is 4.74 Å². The molecule has 0 atom stereocenters. The van der Waals surface area contributed by atoms with E-state index in [0.717, 1.165) is 0 Å². The molecule has 6 heteroatoms. The first-order valence-corrected chi connectivity index (χ1v) is 6.80. The van der Waals surface area contributed by atoms with Gasteiger partial charge in [-0.2, -0.15) is 0 Å². The molecule has 0 aromatic heterocycles. The molecule has 0 spiro atoms. The van der Waals surface area contributed by atoms with Gasteiger partial charge in [0.2, 0.25) is 0 Å². The molecule has 0 unspecified atom stereocenters. The lowest BCUT2D eigenvalue weighted by molar-refractivity contribution is -0.154. The zero-order valence-corrected chi connectivity index (χ0v) is 11.8. The molecule has 2 rings (SSSR count). The van der Waals surface area contributed by atoms with E-state index in [0.29, 0.717) is 37.2 Å². The van der Waals surface area contributed by atoms with Crippen LogP contribution in [0.1, 0.15) is 28.8 Å². The number of aryl methyl sites for hydroxylation is 1. The molecule has 1 aliphatic rings. The highest BCUT2D eigenvalue weighted by molar-refractivity contribution is 5.94. The fourth-order valence-electron chi connectivity index (χ4n) is 2.37. The van der Waals surface area contributed by atoms with E-state index in [1.54, 1.807) is 6.92 Å². The smallest absolute Gasteiger partial charge is 0.311 e. The zero-order valence-electron chi connectivity index (χ0n) is 11.8. The molecule has 1 fully saturated rings. The second kappa shape index (κ2) is 6.22. The standard InChI is InChI=1S/C15H18FNO4/c1-10-8-11(2-3-12(10)16)13(18)17-9-15(14(19)20)4-6-21-7-5-15/h2-3,8H,4-7,9H2,1H3,(H,17,18)(H,19,20). The lowest BCUT2D eigenvalue weighted by Gasteiger charge is -2.33. The molecule has 1 amide bonds. The summed E-state index contributed by atoms with van der Waals surface area (Å²) in [5.41, 5.74) is -0.286. The number of hydrogen-bond donors (Lipinski definition) is 2. The van der Waals surface area contributed by atoms with Gasteiger partial charge in [0.05, 0.1) is 5.41 Å². The van der Waals surface area contributed by atoms with Gasteiger partial charge in [-0.15, -0.1) is 0 Å². The van der Waals surface area contributed by atoms with Crippen LogP contribution in [0.4, 0.5) is 4.39 Å². The largest absolute Gasteiger partial charge is 0.481 e. The Labute approximate surface area is 122 Å². The second-order valence-electron chi connectivity index (χ2n) is 5.34. The SMILES string of the molecule is Cc1cc(C(=O)NCC2(C(=O)O)CCOCC2)ccc1F. The van der Waals surface area contributed by atoms with Crippen LogP contribution < -0.4 is 5.32 Å². The minimum Gasteiger partial charge on any atom is -0.481 e. The number of carboxylic acids is 1. The van der Waals surface area contributed by atoms with Gasteiger partial charge in [-0.1, -0.05) is 0 Å². The zero-order chi connectivity index (χ0) is 15.5. The van der Waals surface area contributed by atoms with Crippen LogP contribution in [0.3, 0.4) is 0 Å². The van der Waals surface area contributed by atoms with Gasteiger partial charge >= 0.3 is 5.97 Å². The lowest BCUT2D eigenvalue weighted by Crippen LogP contribution is -2.46. The fraction of sp³-hybridized carbons (Fsp3) is 0.467. The van der Waals surface area contributed by atoms with Gasteiger partial charge in [0.1, 0.15) is 5.82 Å². The van der Waals surface area contributed by atoms with Gasteiger partial charge in [-0.05, 0) is 43.5 Å². The number of amides is 1. The van der Waals surface area contributed by atoms with Crippen molar-refractivity contribution >= 4 is 11.9 Å². The van der Waals surface area contributed by atoms with Gasteiger partial charge in [-0.25, -0.2) is 4.39 Å². The number of carboxylic acid groups (broad SMARTS) is 1. The van der Waals surface area contributed by atoms with Crippen molar-refractivity contribution in [2.24, 2.45) is 5.41 Å². The molecular weight excluding hydrogens is 277 g/mol. The number of hydrogen-bond acceptors (Lipinski definition) is 3. The van der Waals surface area contributed by atoms with Crippen LogP contribution in [0.2, 0.25) is 0 Å². The number of rotatable bonds is 4. The van der Waals surface area contributed by atoms with E-state index in [1.165, 1.54) is 18.2 Å². The Kier molecular flexibility index (Phi) is 4.57. The van der Waals surface area contributed by atoms with Crippen LogP contribution >= 0.6 is 0 Å². The van der Waals surface area contributed by atoms with Gasteiger partial charge < -0.3 is 15.2 Å². The van der Waals surface area contributed by atoms with Crippen molar-refractivity contribution in [1.29, 1.82) is 0 Å². The first-order valence-electron chi connectivity index (χ1n) is 6.80. The summed E-state index contributed by atoms with van der Waals surface area (Å²) < 4.78 is 18.4. The van der Waals surface area contributed by atoms with Gasteiger partial charge in [0.15, 0.2) is 0 Å². The van der Waals surface area contributed by atoms with Crippen molar-refractivity contribution in [3.8, 4) is 0 Å². The summed E-state index contributed by atoms with van der Waals surface area (Å²) in [6.07, 6.45) is 0.732. The first-order chi connectivity index (χ1) is 9.94. The first kappa shape index (κ1) is 15.4. The lowest BCUT2D eigenvalue weighted by atomic mass is 9.80. The molecule has 114 valence electrons. The predicted molar refractivity (Wildman–Crippen MR) is 73.6 cm³/mol. The van der Waals surface area contributed by atoms with E-state index in [1.807, 2.05) is 0 Å². The average Bonchev–Trinajstić information content (AvgIpc) is 2.48. The minimum atomic E-state index is -0.983. The molecule has 0 saturated carbocycles. The third-order valence-electron chi connectivity index (χ3n) is 3.91. The number of halogens is 1. The molecule has 0 radical (unpaired) electrons. The summed E-state index contributed by atoms with van der Waals surface area (Å²) in [6, 6.07) is 4.06. The monoisotopic (exact) mass is 295 g/mol. The number of ether oxygens (including phenoxy) is 1. The van der Waals surface area contributed by atoms with Crippen molar-refractivity contribution in [2.45, 2.75) is 19.8 Å². The summed E-state index contributed by atoms with van der Waals surface area (Å²) in [5, 5.41) is 12.0. The Morgan fingerprint density at radius 3 is 2.62 bits per heavy atom. The van der Waals surface area contributed by atoms with E-state index < -0.39 is 17.3 Å². The maximum Gasteiger partial charge on any atom is 0.311 e. The predicted octanol–water partition coefficient (Wildman–Crippen LogP) is 1.75. The number of nitrogens with one attached hydrogen (secondary N) is 1. The Hall–Kier alpha value is -1.95. The molecule has 5 nitrogen and oxygen atoms in total. The van der Waals surface area contributed by atoms with Crippen molar-refractivity contribution in [2.75, 3.05) is 19.8 Å². The van der Waals surface area contributed by atoms with E-state index in [2.05, 4.69) is 5.32 Å². The molecule has 1 aromatic rings. The number of carbonyl (C=O) groups is 2. The second-order valence-corrected chi connectivity index (χ2v) is 5.34. The molecule has 2 N–H and O–H groups in total. The number of aliphatic carboxylic acids is 1. The Morgan fingerprint density at radius 1 is 1.38 bits per heavy atom. The van der Waals surface area contributed by atoms with Crippen molar-refractivity contribution < 1.29 is 23.8 Å². The third-order valence-corrected chi connectivity index (χ3v) is 3.91. The highest BCUT2D eigenvalue weighted by Crippen LogP contribution is 2.30. The fourth-order valence-corrected chi connectivity index (χ4v) is 2.37. The van der Waals surface area contributed by atoms with Crippen LogP contribution in [0, 0.1) is 18.2 Å². The van der Waals surface area contributed by atoms with Crippen molar-refractivity contribution in [3.05, 3.63) is 35.1 Å². The maximum atomic E-state index is 13.2. The van der Waals surface area contributed by atoms with Crippen LogP contribution in [0.5, 0.6) is 0 Å². The molecule has 0 aliphatic carbocycles. The Bertz CT molecular complexity index is 553. The van der Waals surface area contributed by atoms with Crippen molar-refractivity contribution in [1.82, 2.24) is 5.32 Å². The molecule has 1 aromatic carbocycles. The highest BCUT2D eigenvalue weighted by Gasteiger charge is 2.40. The molecule has 1 aliphatic heterocycles. The summed E-state index contributed by atoms with van der Waals surface area (Å²) in [5.74, 6) is -1.70. The third kappa shape index (κ3) is 3.39. The van der Waals surface area contributed by atoms with E-state index in [-0.39, 0.29) is 12.4 Å². The molecule has 0 bridgehead atoms. The quantitative estimate of drug-likeness (QED) is 0.887. The number of benzene rings is 1. The van der Waals surface area contributed by atoms with Gasteiger partial charge in [0, 0.05) is 25.3 Å². The Balaban J connectivity index is 2.05. The summed E-state index contributed by atoms with van der Waals surface area (Å²) in [7, 11) is 0. The average molecular weight is 295 g/mol. The molecule has 1 heterocycles. The van der Waals surface area contributed by atoms with Crippen LogP contribution in [-0.4, -0.2) is 36.7 Å². The Morgan fingerprint density at radius 2 is 2.05 bits per heavy atom.